The summed E-state index contributed by atoms with van der Waals surface area (Å²) in [6.45, 7) is 1.81. The summed E-state index contributed by atoms with van der Waals surface area (Å²) >= 11 is 0. The van der Waals surface area contributed by atoms with Crippen LogP contribution in [0.5, 0.6) is 0 Å². The molecule has 0 aliphatic heterocycles. The van der Waals surface area contributed by atoms with Gasteiger partial charge in [0, 0.05) is 11.9 Å². The molecule has 0 aliphatic rings. The van der Waals surface area contributed by atoms with Gasteiger partial charge in [0.15, 0.2) is 0 Å². The second kappa shape index (κ2) is 1.12. The zero-order valence-electron chi connectivity index (χ0n) is 4.52. The van der Waals surface area contributed by atoms with E-state index in [0.717, 1.165) is 5.69 Å². The molecule has 0 amide bonds. The predicted octanol–water partition coefficient (Wildman–Crippen LogP) is 0.718. The van der Waals surface area contributed by atoms with Crippen LogP contribution in [0.3, 0.4) is 0 Å². The summed E-state index contributed by atoms with van der Waals surface area (Å²) < 4.78 is 6.96. The van der Waals surface area contributed by atoms with Crippen LogP contribution >= 0.6 is 0 Å². The number of rotatable bonds is 0. The first-order valence-corrected chi connectivity index (χ1v) is 1.77. The van der Waals surface area contributed by atoms with Crippen molar-refractivity contribution >= 4 is 0 Å². The predicted molar refractivity (Wildman–Crippen MR) is 23.3 cm³/mol. The van der Waals surface area contributed by atoms with E-state index in [-0.39, 0.29) is 0 Å². The molecule has 0 saturated carbocycles. The Balaban J connectivity index is 3.12. The lowest BCUT2D eigenvalue weighted by Crippen LogP contribution is -1.59. The maximum Gasteiger partial charge on any atom is 0.0921 e. The van der Waals surface area contributed by atoms with Gasteiger partial charge < -0.3 is 4.98 Å². The smallest absolute Gasteiger partial charge is 0.0921 e. The zero-order valence-corrected chi connectivity index (χ0v) is 3.52. The molecule has 0 spiro atoms. The Hall–Kier alpha value is -0.790. The average Bonchev–Trinajstić information content (AvgIpc) is 1.91. The number of aryl methyl sites for hydroxylation is 1. The van der Waals surface area contributed by atoms with Crippen molar-refractivity contribution in [1.29, 1.82) is 0 Å². The number of aromatic amines is 1. The molecule has 1 aromatic heterocycles. The van der Waals surface area contributed by atoms with Crippen molar-refractivity contribution in [3.05, 3.63) is 18.2 Å². The minimum absolute atomic E-state index is 0.333. The fourth-order valence-electron chi connectivity index (χ4n) is 0.290. The summed E-state index contributed by atoms with van der Waals surface area (Å²) in [7, 11) is 0. The molecule has 0 saturated heterocycles. The highest BCUT2D eigenvalue weighted by molar-refractivity contribution is 4.87. The number of aromatic nitrogens is 2. The molecule has 2 nitrogen and oxygen atoms in total. The highest BCUT2D eigenvalue weighted by Gasteiger charge is 1.73. The van der Waals surface area contributed by atoms with E-state index in [2.05, 4.69) is 9.97 Å². The molecular formula is C4H6N2. The minimum atomic E-state index is 0.333. The van der Waals surface area contributed by atoms with E-state index in [4.69, 9.17) is 1.37 Å². The molecule has 1 heterocycles. The van der Waals surface area contributed by atoms with Gasteiger partial charge in [0.05, 0.1) is 7.70 Å². The van der Waals surface area contributed by atoms with Crippen LogP contribution in [0.2, 0.25) is 0 Å². The normalized spacial score (nSPS) is 11.2. The molecule has 0 fully saturated rings. The van der Waals surface area contributed by atoms with Gasteiger partial charge in [0.25, 0.3) is 0 Å². The van der Waals surface area contributed by atoms with E-state index >= 15 is 0 Å². The summed E-state index contributed by atoms with van der Waals surface area (Å²) in [5, 5.41) is 0. The third-order valence-corrected chi connectivity index (χ3v) is 0.578. The van der Waals surface area contributed by atoms with Crippen LogP contribution in [0.1, 0.15) is 7.06 Å². The fourth-order valence-corrected chi connectivity index (χ4v) is 0.290. The van der Waals surface area contributed by atoms with E-state index in [9.17, 15) is 0 Å². The lowest BCUT2D eigenvalue weighted by atomic mass is 10.6. The highest BCUT2D eigenvalue weighted by Crippen LogP contribution is 1.81. The molecule has 1 aromatic rings. The maximum absolute atomic E-state index is 6.96. The first kappa shape index (κ1) is 2.39. The molecule has 1 rings (SSSR count). The van der Waals surface area contributed by atoms with Crippen LogP contribution in [0.4, 0.5) is 0 Å². The van der Waals surface area contributed by atoms with E-state index < -0.39 is 0 Å². The van der Waals surface area contributed by atoms with Crippen LogP contribution in [0, 0.1) is 6.92 Å². The van der Waals surface area contributed by atoms with Crippen molar-refractivity contribution in [1.82, 2.24) is 9.97 Å². The van der Waals surface area contributed by atoms with E-state index in [1.54, 1.807) is 0 Å². The maximum atomic E-state index is 6.96. The Kier molecular flexibility index (Phi) is 0.449. The van der Waals surface area contributed by atoms with Gasteiger partial charge in [-0.2, -0.15) is 0 Å². The lowest BCUT2D eigenvalue weighted by Gasteiger charge is -1.67. The summed E-state index contributed by atoms with van der Waals surface area (Å²) in [4.78, 5) is 6.40. The summed E-state index contributed by atoms with van der Waals surface area (Å²) in [5.41, 5.74) is 0.819. The van der Waals surface area contributed by atoms with Crippen LogP contribution in [-0.2, 0) is 0 Å². The van der Waals surface area contributed by atoms with Crippen LogP contribution < -0.4 is 0 Å². The average molecular weight is 83.1 g/mol. The Morgan fingerprint density at radius 1 is 2.17 bits per heavy atom. The number of hydrogen-bond donors (Lipinski definition) is 1. The van der Waals surface area contributed by atoms with Crippen molar-refractivity contribution in [2.75, 3.05) is 0 Å². The molecule has 0 unspecified atom stereocenters. The standard InChI is InChI=1S/C4H6N2/c1-4-2-5-3-6-4/h2-3H,1H3,(H,5,6)/i2D. The summed E-state index contributed by atoms with van der Waals surface area (Å²) in [6.07, 6.45) is 1.84. The van der Waals surface area contributed by atoms with Crippen LogP contribution in [0.15, 0.2) is 12.5 Å². The molecule has 0 radical (unpaired) electrons. The Morgan fingerprint density at radius 2 is 3.00 bits per heavy atom. The second-order valence-electron chi connectivity index (χ2n) is 1.14. The molecule has 32 valence electrons. The number of imidazole rings is 1. The van der Waals surface area contributed by atoms with E-state index in [1.165, 1.54) is 6.33 Å². The van der Waals surface area contributed by atoms with Gasteiger partial charge >= 0.3 is 0 Å². The second-order valence-corrected chi connectivity index (χ2v) is 1.14. The molecule has 0 aromatic carbocycles. The molecule has 0 bridgehead atoms. The monoisotopic (exact) mass is 83.1 g/mol. The summed E-state index contributed by atoms with van der Waals surface area (Å²) in [6, 6.07) is 0. The minimum Gasteiger partial charge on any atom is -0.349 e. The van der Waals surface area contributed by atoms with Gasteiger partial charge in [-0.3, -0.25) is 0 Å². The molecule has 0 atom stereocenters. The van der Waals surface area contributed by atoms with Crippen molar-refractivity contribution in [2.24, 2.45) is 0 Å². The Morgan fingerprint density at radius 3 is 3.17 bits per heavy atom. The van der Waals surface area contributed by atoms with E-state index in [1.807, 2.05) is 6.92 Å². The highest BCUT2D eigenvalue weighted by atomic mass is 14.8. The van der Waals surface area contributed by atoms with Crippen LogP contribution in [0.25, 0.3) is 0 Å². The van der Waals surface area contributed by atoms with Gasteiger partial charge in [0.1, 0.15) is 0 Å². The first-order chi connectivity index (χ1) is 3.30. The molecule has 6 heavy (non-hydrogen) atoms. The third-order valence-electron chi connectivity index (χ3n) is 0.578. The third kappa shape index (κ3) is 0.407. The van der Waals surface area contributed by atoms with Gasteiger partial charge in [-0.25, -0.2) is 4.98 Å². The van der Waals surface area contributed by atoms with Crippen molar-refractivity contribution in [3.63, 3.8) is 0 Å². The van der Waals surface area contributed by atoms with E-state index in [0.29, 0.717) is 6.17 Å². The Bertz CT molecular complexity index is 142. The topological polar surface area (TPSA) is 28.7 Å². The van der Waals surface area contributed by atoms with Crippen molar-refractivity contribution in [2.45, 2.75) is 6.92 Å². The molecule has 1 N–H and O–H groups in total. The quantitative estimate of drug-likeness (QED) is 0.492. The SMILES string of the molecule is [2H]c1nc[nH]c1C. The number of nitrogens with zero attached hydrogens (tertiary/aromatic N) is 1. The van der Waals surface area contributed by atoms with Gasteiger partial charge in [-0.1, -0.05) is 0 Å². The van der Waals surface area contributed by atoms with Gasteiger partial charge in [-0.15, -0.1) is 0 Å². The van der Waals surface area contributed by atoms with Gasteiger partial charge in [0.2, 0.25) is 0 Å². The number of nitrogens with one attached hydrogen (secondary N) is 1. The van der Waals surface area contributed by atoms with Crippen LogP contribution in [-0.4, -0.2) is 9.97 Å². The Labute approximate surface area is 37.6 Å². The zero-order chi connectivity index (χ0) is 5.28. The molecule has 2 heteroatoms. The van der Waals surface area contributed by atoms with Gasteiger partial charge in [-0.05, 0) is 6.92 Å². The summed E-state index contributed by atoms with van der Waals surface area (Å²) in [5.74, 6) is 0. The number of hydrogen-bond acceptors (Lipinski definition) is 1. The van der Waals surface area contributed by atoms with Crippen molar-refractivity contribution < 1.29 is 1.37 Å². The molecule has 0 aliphatic carbocycles. The largest absolute Gasteiger partial charge is 0.349 e. The lowest BCUT2D eigenvalue weighted by molar-refractivity contribution is 1.25. The van der Waals surface area contributed by atoms with Crippen molar-refractivity contribution in [3.8, 4) is 0 Å². The fraction of sp³-hybridized carbons (Fsp3) is 0.250. The molecular weight excluding hydrogens is 76.1 g/mol. The number of H-pyrrole nitrogens is 1. The first-order valence-electron chi connectivity index (χ1n) is 2.27.